The Labute approximate surface area is 183 Å². The van der Waals surface area contributed by atoms with Crippen molar-refractivity contribution in [3.8, 4) is 17.0 Å². The number of unbranched alkanes of at least 4 members (excludes halogenated alkanes) is 1. The van der Waals surface area contributed by atoms with Crippen molar-refractivity contribution in [1.82, 2.24) is 14.6 Å². The fourth-order valence-corrected chi connectivity index (χ4v) is 4.18. The highest BCUT2D eigenvalue weighted by atomic mass is 16.5. The second-order valence-electron chi connectivity index (χ2n) is 8.21. The molecule has 0 atom stereocenters. The normalized spacial score (nSPS) is 15.0. The summed E-state index contributed by atoms with van der Waals surface area (Å²) in [6.07, 6.45) is 11.1. The SMILES string of the molecule is CCCCOc1ccc(-c2nc3c(C(=O)OC)c[nH]n3c2NC2CCCCCC2)cc1. The predicted molar refractivity (Wildman–Crippen MR) is 122 cm³/mol. The van der Waals surface area contributed by atoms with Crippen molar-refractivity contribution in [2.45, 2.75) is 64.3 Å². The lowest BCUT2D eigenvalue weighted by Crippen LogP contribution is -2.20. The molecule has 0 saturated heterocycles. The van der Waals surface area contributed by atoms with E-state index in [1.165, 1.54) is 32.8 Å². The molecule has 31 heavy (non-hydrogen) atoms. The molecule has 7 heteroatoms. The summed E-state index contributed by atoms with van der Waals surface area (Å²) in [6.45, 7) is 2.87. The summed E-state index contributed by atoms with van der Waals surface area (Å²) in [5.41, 5.74) is 2.80. The first-order chi connectivity index (χ1) is 15.2. The van der Waals surface area contributed by atoms with Gasteiger partial charge in [-0.1, -0.05) is 39.0 Å². The van der Waals surface area contributed by atoms with Gasteiger partial charge in [0.25, 0.3) is 0 Å². The summed E-state index contributed by atoms with van der Waals surface area (Å²) in [7, 11) is 1.39. The smallest absolute Gasteiger partial charge is 0.343 e. The molecule has 1 aliphatic carbocycles. The van der Waals surface area contributed by atoms with Crippen molar-refractivity contribution < 1.29 is 14.3 Å². The second-order valence-corrected chi connectivity index (χ2v) is 8.21. The molecule has 3 aromatic rings. The molecule has 2 aromatic heterocycles. The van der Waals surface area contributed by atoms with E-state index in [4.69, 9.17) is 14.5 Å². The van der Waals surface area contributed by atoms with Gasteiger partial charge in [-0.25, -0.2) is 14.3 Å². The van der Waals surface area contributed by atoms with Crippen LogP contribution < -0.4 is 10.1 Å². The van der Waals surface area contributed by atoms with E-state index in [1.807, 2.05) is 28.8 Å². The number of nitrogens with one attached hydrogen (secondary N) is 2. The Morgan fingerprint density at radius 2 is 1.94 bits per heavy atom. The molecule has 2 N–H and O–H groups in total. The summed E-state index contributed by atoms with van der Waals surface area (Å²) in [6, 6.07) is 8.41. The monoisotopic (exact) mass is 424 g/mol. The number of ether oxygens (including phenoxy) is 2. The number of aromatic nitrogens is 3. The van der Waals surface area contributed by atoms with Crippen LogP contribution in [0.15, 0.2) is 30.5 Å². The van der Waals surface area contributed by atoms with Crippen LogP contribution in [0, 0.1) is 0 Å². The number of esters is 1. The van der Waals surface area contributed by atoms with Crippen LogP contribution in [0.1, 0.15) is 68.6 Å². The van der Waals surface area contributed by atoms with E-state index >= 15 is 0 Å². The Morgan fingerprint density at radius 1 is 1.19 bits per heavy atom. The van der Waals surface area contributed by atoms with Crippen molar-refractivity contribution in [2.75, 3.05) is 19.0 Å². The Bertz CT molecular complexity index is 998. The van der Waals surface area contributed by atoms with E-state index in [0.717, 1.165) is 55.1 Å². The lowest BCUT2D eigenvalue weighted by atomic mass is 10.1. The first kappa shape index (κ1) is 21.3. The van der Waals surface area contributed by atoms with Gasteiger partial charge in [0.15, 0.2) is 11.5 Å². The third-order valence-electron chi connectivity index (χ3n) is 5.95. The first-order valence-corrected chi connectivity index (χ1v) is 11.4. The molecule has 1 fully saturated rings. The lowest BCUT2D eigenvalue weighted by molar-refractivity contribution is 0.0602. The number of hydrogen-bond donors (Lipinski definition) is 2. The summed E-state index contributed by atoms with van der Waals surface area (Å²) in [5.74, 6) is 1.34. The maximum atomic E-state index is 12.2. The van der Waals surface area contributed by atoms with Gasteiger partial charge in [0.1, 0.15) is 17.0 Å². The summed E-state index contributed by atoms with van der Waals surface area (Å²) >= 11 is 0. The van der Waals surface area contributed by atoms with Gasteiger partial charge >= 0.3 is 5.97 Å². The Balaban J connectivity index is 1.68. The third-order valence-corrected chi connectivity index (χ3v) is 5.95. The molecule has 4 rings (SSSR count). The quantitative estimate of drug-likeness (QED) is 0.286. The van der Waals surface area contributed by atoms with E-state index in [-0.39, 0.29) is 0 Å². The molecule has 1 saturated carbocycles. The van der Waals surface area contributed by atoms with Crippen molar-refractivity contribution in [2.24, 2.45) is 0 Å². The van der Waals surface area contributed by atoms with E-state index in [9.17, 15) is 4.79 Å². The number of methoxy groups -OCH3 is 1. The highest BCUT2D eigenvalue weighted by molar-refractivity contribution is 5.97. The minimum Gasteiger partial charge on any atom is -0.494 e. The van der Waals surface area contributed by atoms with Crippen LogP contribution in [-0.4, -0.2) is 40.3 Å². The minimum absolute atomic E-state index is 0.391. The first-order valence-electron chi connectivity index (χ1n) is 11.4. The topological polar surface area (TPSA) is 80.7 Å². The number of hydrogen-bond acceptors (Lipinski definition) is 5. The molecule has 0 unspecified atom stereocenters. The van der Waals surface area contributed by atoms with Gasteiger partial charge in [-0.2, -0.15) is 0 Å². The number of benzene rings is 1. The molecule has 2 heterocycles. The maximum Gasteiger partial charge on any atom is 0.343 e. The molecular formula is C24H32N4O3. The molecular weight excluding hydrogens is 392 g/mol. The van der Waals surface area contributed by atoms with Gasteiger partial charge in [-0.05, 0) is 43.5 Å². The van der Waals surface area contributed by atoms with E-state index in [1.54, 1.807) is 6.20 Å². The highest BCUT2D eigenvalue weighted by Gasteiger charge is 2.24. The van der Waals surface area contributed by atoms with Gasteiger partial charge in [0.05, 0.1) is 13.7 Å². The van der Waals surface area contributed by atoms with Crippen molar-refractivity contribution >= 4 is 17.4 Å². The van der Waals surface area contributed by atoms with Gasteiger partial charge < -0.3 is 14.8 Å². The Morgan fingerprint density at radius 3 is 2.61 bits per heavy atom. The predicted octanol–water partition coefficient (Wildman–Crippen LogP) is 5.43. The zero-order valence-electron chi connectivity index (χ0n) is 18.4. The van der Waals surface area contributed by atoms with Crippen LogP contribution in [-0.2, 0) is 4.74 Å². The summed E-state index contributed by atoms with van der Waals surface area (Å²) < 4.78 is 12.6. The average molecular weight is 425 g/mol. The van der Waals surface area contributed by atoms with Crippen molar-refractivity contribution in [3.63, 3.8) is 0 Å². The largest absolute Gasteiger partial charge is 0.494 e. The number of fused-ring (bicyclic) bond motifs is 1. The zero-order valence-corrected chi connectivity index (χ0v) is 18.4. The fraction of sp³-hybridized carbons (Fsp3) is 0.500. The van der Waals surface area contributed by atoms with Gasteiger partial charge in [0.2, 0.25) is 0 Å². The molecule has 166 valence electrons. The van der Waals surface area contributed by atoms with E-state index in [2.05, 4.69) is 17.3 Å². The number of imidazole rings is 1. The summed E-state index contributed by atoms with van der Waals surface area (Å²) in [5, 5.41) is 6.90. The molecule has 0 radical (unpaired) electrons. The number of carbonyl (C=O) groups excluding carboxylic acids is 1. The molecule has 7 nitrogen and oxygen atoms in total. The molecule has 1 aromatic carbocycles. The van der Waals surface area contributed by atoms with Crippen molar-refractivity contribution in [3.05, 3.63) is 36.0 Å². The number of rotatable bonds is 8. The van der Waals surface area contributed by atoms with Crippen LogP contribution in [0.2, 0.25) is 0 Å². The van der Waals surface area contributed by atoms with Crippen LogP contribution in [0.3, 0.4) is 0 Å². The number of carbonyl (C=O) groups is 1. The molecule has 0 bridgehead atoms. The lowest BCUT2D eigenvalue weighted by Gasteiger charge is -2.18. The molecule has 0 aliphatic heterocycles. The number of H-pyrrole nitrogens is 1. The molecule has 0 amide bonds. The fourth-order valence-electron chi connectivity index (χ4n) is 4.18. The van der Waals surface area contributed by atoms with E-state index < -0.39 is 5.97 Å². The number of anilines is 1. The van der Waals surface area contributed by atoms with Gasteiger partial charge in [0, 0.05) is 17.8 Å². The third kappa shape index (κ3) is 4.70. The summed E-state index contributed by atoms with van der Waals surface area (Å²) in [4.78, 5) is 17.1. The van der Waals surface area contributed by atoms with Crippen LogP contribution in [0.25, 0.3) is 16.9 Å². The molecule has 1 aliphatic rings. The minimum atomic E-state index is -0.400. The van der Waals surface area contributed by atoms with Gasteiger partial charge in [-0.15, -0.1) is 0 Å². The number of nitrogens with zero attached hydrogens (tertiary/aromatic N) is 2. The molecule has 0 spiro atoms. The average Bonchev–Trinajstić information content (AvgIpc) is 3.24. The Kier molecular flexibility index (Phi) is 6.79. The van der Waals surface area contributed by atoms with Crippen LogP contribution in [0.4, 0.5) is 5.82 Å². The highest BCUT2D eigenvalue weighted by Crippen LogP contribution is 2.33. The van der Waals surface area contributed by atoms with Gasteiger partial charge in [-0.3, -0.25) is 5.10 Å². The van der Waals surface area contributed by atoms with Crippen LogP contribution >= 0.6 is 0 Å². The van der Waals surface area contributed by atoms with E-state index in [0.29, 0.717) is 17.3 Å². The number of aromatic amines is 1. The second kappa shape index (κ2) is 9.90. The van der Waals surface area contributed by atoms with Crippen LogP contribution in [0.5, 0.6) is 5.75 Å². The zero-order chi connectivity index (χ0) is 21.6. The van der Waals surface area contributed by atoms with Crippen molar-refractivity contribution in [1.29, 1.82) is 0 Å². The standard InChI is InChI=1S/C24H32N4O3/c1-3-4-15-31-19-13-11-17(12-14-19)21-23(26-18-9-7-5-6-8-10-18)28-22(27-21)20(16-25-28)24(29)30-2/h11-14,16,18,25-26H,3-10,15H2,1-2H3. The Hall–Kier alpha value is -2.96. The maximum absolute atomic E-state index is 12.2.